The van der Waals surface area contributed by atoms with Crippen LogP contribution in [0.2, 0.25) is 0 Å². The molecule has 0 saturated carbocycles. The van der Waals surface area contributed by atoms with Gasteiger partial charge in [-0.25, -0.2) is 0 Å². The van der Waals surface area contributed by atoms with Crippen molar-refractivity contribution in [2.75, 3.05) is 26.2 Å². The van der Waals surface area contributed by atoms with Crippen LogP contribution in [0.1, 0.15) is 31.4 Å². The molecule has 1 heterocycles. The van der Waals surface area contributed by atoms with Gasteiger partial charge in [-0.3, -0.25) is 4.90 Å². The number of hydrogen-bond donors (Lipinski definition) is 2. The van der Waals surface area contributed by atoms with Crippen LogP contribution in [0.25, 0.3) is 0 Å². The molecule has 1 fully saturated rings. The Morgan fingerprint density at radius 1 is 1.39 bits per heavy atom. The number of aliphatic hydroxyl groups is 1. The summed E-state index contributed by atoms with van der Waals surface area (Å²) in [5.41, 5.74) is 1.01. The number of aliphatic hydroxyl groups excluding tert-OH is 1. The van der Waals surface area contributed by atoms with Gasteiger partial charge in [0.1, 0.15) is 0 Å². The fourth-order valence-corrected chi connectivity index (χ4v) is 2.68. The number of hydrogen-bond acceptors (Lipinski definition) is 3. The molecular weight excluding hydrogens is 224 g/mol. The highest BCUT2D eigenvalue weighted by Gasteiger charge is 2.22. The number of nitrogens with one attached hydrogen (secondary N) is 1. The van der Waals surface area contributed by atoms with E-state index in [1.54, 1.807) is 0 Å². The Labute approximate surface area is 110 Å². The van der Waals surface area contributed by atoms with Crippen LogP contribution in [0.3, 0.4) is 0 Å². The Balaban J connectivity index is 1.93. The number of nitrogens with zero attached hydrogens (tertiary/aromatic N) is 1. The maximum Gasteiger partial charge on any atom is 0.0917 e. The molecule has 3 nitrogen and oxygen atoms in total. The van der Waals surface area contributed by atoms with Gasteiger partial charge in [0, 0.05) is 19.1 Å². The molecule has 0 aliphatic carbocycles. The number of piperidine rings is 1. The molecule has 1 aromatic rings. The van der Waals surface area contributed by atoms with Crippen LogP contribution in [0, 0.1) is 0 Å². The first-order chi connectivity index (χ1) is 8.81. The summed E-state index contributed by atoms with van der Waals surface area (Å²) in [6.45, 7) is 6.08. The van der Waals surface area contributed by atoms with Gasteiger partial charge in [0.05, 0.1) is 6.10 Å². The van der Waals surface area contributed by atoms with E-state index in [1.165, 1.54) is 12.8 Å². The van der Waals surface area contributed by atoms with Crippen LogP contribution in [-0.2, 0) is 0 Å². The van der Waals surface area contributed by atoms with Crippen molar-refractivity contribution in [2.45, 2.75) is 31.9 Å². The first-order valence-corrected chi connectivity index (χ1v) is 6.99. The van der Waals surface area contributed by atoms with E-state index in [1.807, 2.05) is 30.3 Å². The molecule has 3 heteroatoms. The normalized spacial score (nSPS) is 22.1. The van der Waals surface area contributed by atoms with Crippen molar-refractivity contribution in [3.8, 4) is 0 Å². The van der Waals surface area contributed by atoms with Crippen LogP contribution in [0.15, 0.2) is 30.3 Å². The van der Waals surface area contributed by atoms with Crippen molar-refractivity contribution in [3.05, 3.63) is 35.9 Å². The molecule has 18 heavy (non-hydrogen) atoms. The third-order valence-electron chi connectivity index (χ3n) is 3.79. The maximum absolute atomic E-state index is 10.3. The molecule has 2 unspecified atom stereocenters. The van der Waals surface area contributed by atoms with E-state index in [0.717, 1.165) is 31.7 Å². The van der Waals surface area contributed by atoms with E-state index < -0.39 is 0 Å². The standard InChI is InChI=1S/C15H24N2O/c1-2-17(14-9-6-10-16-11-14)12-15(18)13-7-4-3-5-8-13/h3-5,7-8,14-16,18H,2,6,9-12H2,1H3. The molecular formula is C15H24N2O. The fraction of sp³-hybridized carbons (Fsp3) is 0.600. The molecule has 2 rings (SSSR count). The maximum atomic E-state index is 10.3. The molecule has 100 valence electrons. The molecule has 1 aliphatic rings. The molecule has 0 amide bonds. The van der Waals surface area contributed by atoms with Crippen molar-refractivity contribution >= 4 is 0 Å². The first kappa shape index (κ1) is 13.5. The Morgan fingerprint density at radius 2 is 2.17 bits per heavy atom. The van der Waals surface area contributed by atoms with E-state index in [0.29, 0.717) is 6.04 Å². The van der Waals surface area contributed by atoms with Crippen LogP contribution < -0.4 is 5.32 Å². The average molecular weight is 248 g/mol. The van der Waals surface area contributed by atoms with Gasteiger partial charge in [-0.05, 0) is 31.5 Å². The zero-order valence-electron chi connectivity index (χ0n) is 11.2. The second-order valence-electron chi connectivity index (χ2n) is 5.01. The van der Waals surface area contributed by atoms with Gasteiger partial charge in [-0.2, -0.15) is 0 Å². The molecule has 0 radical (unpaired) electrons. The Morgan fingerprint density at radius 3 is 2.78 bits per heavy atom. The van der Waals surface area contributed by atoms with Crippen LogP contribution >= 0.6 is 0 Å². The predicted molar refractivity (Wildman–Crippen MR) is 74.5 cm³/mol. The highest BCUT2D eigenvalue weighted by Crippen LogP contribution is 2.17. The second-order valence-corrected chi connectivity index (χ2v) is 5.01. The summed E-state index contributed by atoms with van der Waals surface area (Å²) in [4.78, 5) is 2.39. The SMILES string of the molecule is CCN(CC(O)c1ccccc1)C1CCCNC1. The lowest BCUT2D eigenvalue weighted by molar-refractivity contribution is 0.0810. The molecule has 0 aromatic heterocycles. The molecule has 2 N–H and O–H groups in total. The van der Waals surface area contributed by atoms with Crippen LogP contribution in [0.5, 0.6) is 0 Å². The number of rotatable bonds is 5. The highest BCUT2D eigenvalue weighted by molar-refractivity contribution is 5.17. The monoisotopic (exact) mass is 248 g/mol. The van der Waals surface area contributed by atoms with Gasteiger partial charge in [0.15, 0.2) is 0 Å². The third-order valence-corrected chi connectivity index (χ3v) is 3.79. The highest BCUT2D eigenvalue weighted by atomic mass is 16.3. The summed E-state index contributed by atoms with van der Waals surface area (Å²) in [6, 6.07) is 10.5. The van der Waals surface area contributed by atoms with Crippen molar-refractivity contribution in [3.63, 3.8) is 0 Å². The predicted octanol–water partition coefficient (Wildman–Crippen LogP) is 1.79. The van der Waals surface area contributed by atoms with Crippen molar-refractivity contribution in [1.29, 1.82) is 0 Å². The largest absolute Gasteiger partial charge is 0.387 e. The van der Waals surface area contributed by atoms with Gasteiger partial charge < -0.3 is 10.4 Å². The van der Waals surface area contributed by atoms with E-state index in [4.69, 9.17) is 0 Å². The minimum absolute atomic E-state index is 0.381. The van der Waals surface area contributed by atoms with Gasteiger partial charge >= 0.3 is 0 Å². The smallest absolute Gasteiger partial charge is 0.0917 e. The average Bonchev–Trinajstić information content (AvgIpc) is 2.46. The van der Waals surface area contributed by atoms with E-state index in [2.05, 4.69) is 17.1 Å². The van der Waals surface area contributed by atoms with E-state index in [9.17, 15) is 5.11 Å². The van der Waals surface area contributed by atoms with Gasteiger partial charge in [-0.15, -0.1) is 0 Å². The summed E-state index contributed by atoms with van der Waals surface area (Å²) < 4.78 is 0. The Hall–Kier alpha value is -0.900. The summed E-state index contributed by atoms with van der Waals surface area (Å²) in [6.07, 6.45) is 2.10. The quantitative estimate of drug-likeness (QED) is 0.834. The second kappa shape index (κ2) is 6.88. The first-order valence-electron chi connectivity index (χ1n) is 6.99. The van der Waals surface area contributed by atoms with Gasteiger partial charge in [-0.1, -0.05) is 37.3 Å². The van der Waals surface area contributed by atoms with E-state index >= 15 is 0 Å². The minimum Gasteiger partial charge on any atom is -0.387 e. The summed E-state index contributed by atoms with van der Waals surface area (Å²) in [5, 5.41) is 13.7. The number of likely N-dealkylation sites (N-methyl/N-ethyl adjacent to an activating group) is 1. The molecule has 0 bridgehead atoms. The minimum atomic E-state index is -0.381. The Bertz CT molecular complexity index is 336. The van der Waals surface area contributed by atoms with Crippen molar-refractivity contribution in [2.24, 2.45) is 0 Å². The molecule has 2 atom stereocenters. The van der Waals surface area contributed by atoms with Crippen molar-refractivity contribution < 1.29 is 5.11 Å². The zero-order valence-corrected chi connectivity index (χ0v) is 11.2. The molecule has 0 spiro atoms. The molecule has 1 aliphatic heterocycles. The summed E-state index contributed by atoms with van der Waals surface area (Å²) in [7, 11) is 0. The lowest BCUT2D eigenvalue weighted by Crippen LogP contribution is -2.47. The molecule has 1 aromatic carbocycles. The van der Waals surface area contributed by atoms with E-state index in [-0.39, 0.29) is 6.10 Å². The third kappa shape index (κ3) is 3.55. The lowest BCUT2D eigenvalue weighted by Gasteiger charge is -2.35. The zero-order chi connectivity index (χ0) is 12.8. The van der Waals surface area contributed by atoms with Crippen LogP contribution in [-0.4, -0.2) is 42.2 Å². The lowest BCUT2D eigenvalue weighted by atomic mass is 10.0. The Kier molecular flexibility index (Phi) is 5.17. The summed E-state index contributed by atoms with van der Waals surface area (Å²) in [5.74, 6) is 0. The number of benzene rings is 1. The van der Waals surface area contributed by atoms with Crippen molar-refractivity contribution in [1.82, 2.24) is 10.2 Å². The molecule has 1 saturated heterocycles. The van der Waals surface area contributed by atoms with Gasteiger partial charge in [0.25, 0.3) is 0 Å². The summed E-state index contributed by atoms with van der Waals surface area (Å²) >= 11 is 0. The van der Waals surface area contributed by atoms with Crippen LogP contribution in [0.4, 0.5) is 0 Å². The topological polar surface area (TPSA) is 35.5 Å². The fourth-order valence-electron chi connectivity index (χ4n) is 2.68. The van der Waals surface area contributed by atoms with Gasteiger partial charge in [0.2, 0.25) is 0 Å².